The number of benzene rings is 2. The van der Waals surface area contributed by atoms with Gasteiger partial charge in [-0.3, -0.25) is 9.48 Å². The quantitative estimate of drug-likeness (QED) is 0.707. The number of aryl methyl sites for hydroxylation is 2. The average Bonchev–Trinajstić information content (AvgIpc) is 3.08. The molecule has 0 atom stereocenters. The molecule has 0 aliphatic rings. The van der Waals surface area contributed by atoms with Gasteiger partial charge in [0, 0.05) is 17.8 Å². The van der Waals surface area contributed by atoms with E-state index in [1.807, 2.05) is 38.1 Å². The Morgan fingerprint density at radius 3 is 2.68 bits per heavy atom. The number of halogens is 1. The van der Waals surface area contributed by atoms with Crippen molar-refractivity contribution < 1.29 is 9.53 Å². The van der Waals surface area contributed by atoms with E-state index in [4.69, 9.17) is 16.3 Å². The van der Waals surface area contributed by atoms with Crippen molar-refractivity contribution in [3.8, 4) is 11.5 Å². The van der Waals surface area contributed by atoms with Crippen LogP contribution in [-0.2, 0) is 6.54 Å². The number of nitrogens with one attached hydrogen (secondary N) is 1. The molecule has 0 unspecified atom stereocenters. The minimum atomic E-state index is -0.268. The lowest BCUT2D eigenvalue weighted by Crippen LogP contribution is -2.12. The first-order chi connectivity index (χ1) is 12.0. The molecule has 1 amide bonds. The lowest BCUT2D eigenvalue weighted by atomic mass is 10.2. The van der Waals surface area contributed by atoms with Crippen LogP contribution >= 0.6 is 11.6 Å². The van der Waals surface area contributed by atoms with E-state index in [-0.39, 0.29) is 5.91 Å². The topological polar surface area (TPSA) is 56.2 Å². The second-order valence-electron chi connectivity index (χ2n) is 5.59. The molecule has 1 aromatic heterocycles. The first-order valence-corrected chi connectivity index (χ1v) is 8.31. The van der Waals surface area contributed by atoms with Crippen molar-refractivity contribution in [3.63, 3.8) is 0 Å². The molecule has 0 aliphatic carbocycles. The fraction of sp³-hybridized carbons (Fsp3) is 0.158. The molecule has 5 nitrogen and oxygen atoms in total. The summed E-state index contributed by atoms with van der Waals surface area (Å²) in [5.41, 5.74) is 2.12. The number of aromatic nitrogens is 2. The van der Waals surface area contributed by atoms with Gasteiger partial charge in [0.05, 0.1) is 17.4 Å². The van der Waals surface area contributed by atoms with Crippen molar-refractivity contribution in [3.05, 3.63) is 71.0 Å². The average molecular weight is 356 g/mol. The van der Waals surface area contributed by atoms with E-state index in [0.717, 1.165) is 5.56 Å². The van der Waals surface area contributed by atoms with Crippen LogP contribution in [0.3, 0.4) is 0 Å². The van der Waals surface area contributed by atoms with Crippen LogP contribution in [0.1, 0.15) is 22.8 Å². The summed E-state index contributed by atoms with van der Waals surface area (Å²) in [7, 11) is 0. The van der Waals surface area contributed by atoms with E-state index < -0.39 is 0 Å². The van der Waals surface area contributed by atoms with E-state index >= 15 is 0 Å². The summed E-state index contributed by atoms with van der Waals surface area (Å²) in [4.78, 5) is 12.4. The number of anilines is 1. The number of amides is 1. The number of nitrogens with zero attached hydrogens (tertiary/aromatic N) is 2. The molecule has 3 rings (SSSR count). The maximum Gasteiger partial charge on any atom is 0.258 e. The lowest BCUT2D eigenvalue weighted by Gasteiger charge is -2.12. The Morgan fingerprint density at radius 2 is 2.00 bits per heavy atom. The van der Waals surface area contributed by atoms with Gasteiger partial charge in [0.15, 0.2) is 5.75 Å². The molecule has 128 valence electrons. The Hall–Kier alpha value is -2.79. The van der Waals surface area contributed by atoms with Crippen molar-refractivity contribution in [2.24, 2.45) is 0 Å². The molecule has 0 bridgehead atoms. The first kappa shape index (κ1) is 17.0. The van der Waals surface area contributed by atoms with Crippen LogP contribution in [0.5, 0.6) is 11.5 Å². The molecule has 6 heteroatoms. The molecule has 0 saturated heterocycles. The number of hydrogen-bond acceptors (Lipinski definition) is 3. The van der Waals surface area contributed by atoms with E-state index in [0.29, 0.717) is 34.3 Å². The van der Waals surface area contributed by atoms with Crippen LogP contribution in [0.4, 0.5) is 5.69 Å². The third kappa shape index (κ3) is 4.19. The number of carbonyl (C=O) groups excluding carboxylic acids is 1. The fourth-order valence-corrected chi connectivity index (χ4v) is 2.44. The van der Waals surface area contributed by atoms with E-state index in [1.54, 1.807) is 29.1 Å². The van der Waals surface area contributed by atoms with Gasteiger partial charge in [-0.25, -0.2) is 0 Å². The van der Waals surface area contributed by atoms with E-state index in [9.17, 15) is 4.79 Å². The molecule has 2 aromatic carbocycles. The number of rotatable bonds is 5. The van der Waals surface area contributed by atoms with Gasteiger partial charge in [0.2, 0.25) is 0 Å². The summed E-state index contributed by atoms with van der Waals surface area (Å²) >= 11 is 6.07. The molecule has 3 aromatic rings. The van der Waals surface area contributed by atoms with Crippen LogP contribution in [0, 0.1) is 6.92 Å². The first-order valence-electron chi connectivity index (χ1n) is 7.93. The Labute approximate surface area is 151 Å². The van der Waals surface area contributed by atoms with Crippen molar-refractivity contribution in [2.45, 2.75) is 20.4 Å². The van der Waals surface area contributed by atoms with Gasteiger partial charge in [-0.05, 0) is 44.2 Å². The van der Waals surface area contributed by atoms with Crippen molar-refractivity contribution in [2.75, 3.05) is 5.32 Å². The standard InChI is InChI=1S/C19H18ClN3O2/c1-3-23-12-14(11-21-23)19(24)22-17-10-15(20)6-9-18(17)25-16-7-4-13(2)5-8-16/h4-12H,3H2,1-2H3,(H,22,24). The SMILES string of the molecule is CCn1cc(C(=O)Nc2cc(Cl)ccc2Oc2ccc(C)cc2)cn1. The lowest BCUT2D eigenvalue weighted by molar-refractivity contribution is 0.102. The molecule has 1 N–H and O–H groups in total. The summed E-state index contributed by atoms with van der Waals surface area (Å²) in [5.74, 6) is 0.933. The van der Waals surface area contributed by atoms with Crippen LogP contribution in [0.25, 0.3) is 0 Å². The molecular weight excluding hydrogens is 338 g/mol. The Bertz CT molecular complexity index is 888. The molecule has 0 aliphatic heterocycles. The predicted octanol–water partition coefficient (Wildman–Crippen LogP) is 4.91. The summed E-state index contributed by atoms with van der Waals surface area (Å²) in [6.45, 7) is 4.67. The zero-order chi connectivity index (χ0) is 17.8. The molecular formula is C19H18ClN3O2. The van der Waals surface area contributed by atoms with E-state index in [2.05, 4.69) is 10.4 Å². The maximum absolute atomic E-state index is 12.4. The third-order valence-electron chi connectivity index (χ3n) is 3.66. The Morgan fingerprint density at radius 1 is 1.24 bits per heavy atom. The highest BCUT2D eigenvalue weighted by Crippen LogP contribution is 2.32. The van der Waals surface area contributed by atoms with Gasteiger partial charge in [-0.1, -0.05) is 29.3 Å². The monoisotopic (exact) mass is 355 g/mol. The second-order valence-corrected chi connectivity index (χ2v) is 6.03. The Kier molecular flexibility index (Phi) is 5.05. The van der Waals surface area contributed by atoms with Crippen molar-refractivity contribution in [1.29, 1.82) is 0 Å². The smallest absolute Gasteiger partial charge is 0.258 e. The Balaban J connectivity index is 1.83. The molecule has 0 saturated carbocycles. The molecule has 0 fully saturated rings. The molecule has 0 radical (unpaired) electrons. The highest BCUT2D eigenvalue weighted by Gasteiger charge is 2.13. The molecule has 0 spiro atoms. The maximum atomic E-state index is 12.4. The van der Waals surface area contributed by atoms with Crippen LogP contribution in [-0.4, -0.2) is 15.7 Å². The minimum absolute atomic E-state index is 0.268. The number of hydrogen-bond donors (Lipinski definition) is 1. The van der Waals surface area contributed by atoms with Gasteiger partial charge in [-0.15, -0.1) is 0 Å². The van der Waals surface area contributed by atoms with Gasteiger partial charge in [0.25, 0.3) is 5.91 Å². The van der Waals surface area contributed by atoms with Gasteiger partial charge < -0.3 is 10.1 Å². The summed E-state index contributed by atoms with van der Waals surface area (Å²) in [6.07, 6.45) is 3.23. The van der Waals surface area contributed by atoms with Crippen LogP contribution in [0.2, 0.25) is 5.02 Å². The normalized spacial score (nSPS) is 10.5. The van der Waals surface area contributed by atoms with Gasteiger partial charge in [-0.2, -0.15) is 5.10 Å². The predicted molar refractivity (Wildman–Crippen MR) is 98.6 cm³/mol. The van der Waals surface area contributed by atoms with Gasteiger partial charge >= 0.3 is 0 Å². The van der Waals surface area contributed by atoms with Crippen molar-refractivity contribution in [1.82, 2.24) is 9.78 Å². The second kappa shape index (κ2) is 7.40. The largest absolute Gasteiger partial charge is 0.455 e. The van der Waals surface area contributed by atoms with Crippen LogP contribution in [0.15, 0.2) is 54.9 Å². The number of carbonyl (C=O) groups is 1. The third-order valence-corrected chi connectivity index (χ3v) is 3.89. The van der Waals surface area contributed by atoms with Crippen molar-refractivity contribution >= 4 is 23.2 Å². The zero-order valence-corrected chi connectivity index (χ0v) is 14.7. The number of ether oxygens (including phenoxy) is 1. The van der Waals surface area contributed by atoms with Gasteiger partial charge in [0.1, 0.15) is 5.75 Å². The fourth-order valence-electron chi connectivity index (χ4n) is 2.27. The van der Waals surface area contributed by atoms with E-state index in [1.165, 1.54) is 6.20 Å². The minimum Gasteiger partial charge on any atom is -0.455 e. The molecule has 1 heterocycles. The summed E-state index contributed by atoms with van der Waals surface area (Å²) in [6, 6.07) is 12.8. The summed E-state index contributed by atoms with van der Waals surface area (Å²) < 4.78 is 7.58. The zero-order valence-electron chi connectivity index (χ0n) is 14.0. The highest BCUT2D eigenvalue weighted by molar-refractivity contribution is 6.31. The molecule has 25 heavy (non-hydrogen) atoms. The summed E-state index contributed by atoms with van der Waals surface area (Å²) in [5, 5.41) is 7.46. The highest BCUT2D eigenvalue weighted by atomic mass is 35.5. The van der Waals surface area contributed by atoms with Crippen LogP contribution < -0.4 is 10.1 Å².